The maximum atomic E-state index is 13.0. The van der Waals surface area contributed by atoms with Crippen LogP contribution < -0.4 is 5.32 Å². The van der Waals surface area contributed by atoms with Gasteiger partial charge in [-0.2, -0.15) is 0 Å². The summed E-state index contributed by atoms with van der Waals surface area (Å²) in [4.78, 5) is 11.5. The standard InChI is InChI=1S/C11H14FNO2/c1-7(12)9-5-8(3-4-10(9)14)11(15)6-13-2/h3-5,7,13-14H,6H2,1-2H3. The number of alkyl halides is 1. The van der Waals surface area contributed by atoms with Crippen molar-refractivity contribution in [1.29, 1.82) is 0 Å². The van der Waals surface area contributed by atoms with E-state index in [1.165, 1.54) is 25.1 Å². The second kappa shape index (κ2) is 4.89. The number of hydrogen-bond acceptors (Lipinski definition) is 3. The van der Waals surface area contributed by atoms with Crippen molar-refractivity contribution in [2.75, 3.05) is 13.6 Å². The third-order valence-corrected chi connectivity index (χ3v) is 2.12. The van der Waals surface area contributed by atoms with Crippen LogP contribution in [0.5, 0.6) is 5.75 Å². The lowest BCUT2D eigenvalue weighted by atomic mass is 10.0. The maximum absolute atomic E-state index is 13.0. The van der Waals surface area contributed by atoms with Crippen LogP contribution in [0.3, 0.4) is 0 Å². The van der Waals surface area contributed by atoms with E-state index in [1.54, 1.807) is 7.05 Å². The predicted molar refractivity (Wildman–Crippen MR) is 55.9 cm³/mol. The van der Waals surface area contributed by atoms with Crippen LogP contribution in [-0.4, -0.2) is 24.5 Å². The van der Waals surface area contributed by atoms with Gasteiger partial charge in [0.2, 0.25) is 0 Å². The molecule has 1 rings (SSSR count). The minimum atomic E-state index is -1.28. The molecule has 1 atom stereocenters. The third-order valence-electron chi connectivity index (χ3n) is 2.12. The number of hydrogen-bond donors (Lipinski definition) is 2. The number of nitrogens with one attached hydrogen (secondary N) is 1. The summed E-state index contributed by atoms with van der Waals surface area (Å²) in [6.45, 7) is 1.52. The minimum absolute atomic E-state index is 0.119. The van der Waals surface area contributed by atoms with E-state index in [1.807, 2.05) is 0 Å². The van der Waals surface area contributed by atoms with E-state index in [9.17, 15) is 14.3 Å². The molecule has 1 aromatic carbocycles. The van der Waals surface area contributed by atoms with E-state index in [0.29, 0.717) is 5.56 Å². The number of aromatic hydroxyl groups is 1. The molecule has 1 unspecified atom stereocenters. The summed E-state index contributed by atoms with van der Waals surface area (Å²) in [6, 6.07) is 4.22. The molecule has 0 saturated carbocycles. The topological polar surface area (TPSA) is 49.3 Å². The first-order chi connectivity index (χ1) is 7.06. The van der Waals surface area contributed by atoms with E-state index < -0.39 is 6.17 Å². The number of rotatable bonds is 4. The maximum Gasteiger partial charge on any atom is 0.176 e. The zero-order valence-corrected chi connectivity index (χ0v) is 8.75. The Morgan fingerprint density at radius 2 is 2.27 bits per heavy atom. The Morgan fingerprint density at radius 1 is 1.60 bits per heavy atom. The molecule has 0 aliphatic rings. The minimum Gasteiger partial charge on any atom is -0.508 e. The van der Waals surface area contributed by atoms with E-state index in [-0.39, 0.29) is 23.6 Å². The van der Waals surface area contributed by atoms with Gasteiger partial charge in [0.25, 0.3) is 0 Å². The van der Waals surface area contributed by atoms with Crippen LogP contribution in [0.25, 0.3) is 0 Å². The van der Waals surface area contributed by atoms with Crippen LogP contribution in [0.15, 0.2) is 18.2 Å². The molecule has 0 aliphatic carbocycles. The van der Waals surface area contributed by atoms with Crippen molar-refractivity contribution in [3.05, 3.63) is 29.3 Å². The van der Waals surface area contributed by atoms with Crippen molar-refractivity contribution in [1.82, 2.24) is 5.32 Å². The number of carbonyl (C=O) groups is 1. The number of Topliss-reactive ketones (excluding diaryl/α,β-unsaturated/α-hetero) is 1. The first kappa shape index (κ1) is 11.7. The second-order valence-electron chi connectivity index (χ2n) is 3.34. The summed E-state index contributed by atoms with van der Waals surface area (Å²) in [6.07, 6.45) is -1.28. The lowest BCUT2D eigenvalue weighted by molar-refractivity contribution is 0.0993. The molecule has 0 aliphatic heterocycles. The zero-order chi connectivity index (χ0) is 11.4. The average molecular weight is 211 g/mol. The number of benzene rings is 1. The Kier molecular flexibility index (Phi) is 3.80. The molecule has 0 amide bonds. The molecule has 0 spiro atoms. The number of phenolic OH excluding ortho intramolecular Hbond substituents is 1. The molecule has 0 heterocycles. The fourth-order valence-electron chi connectivity index (χ4n) is 1.31. The van der Waals surface area contributed by atoms with Gasteiger partial charge in [0.05, 0.1) is 6.54 Å². The molecule has 15 heavy (non-hydrogen) atoms. The lowest BCUT2D eigenvalue weighted by Crippen LogP contribution is -2.18. The normalized spacial score (nSPS) is 12.5. The molecule has 2 N–H and O–H groups in total. The van der Waals surface area contributed by atoms with Crippen LogP contribution in [0.2, 0.25) is 0 Å². The molecule has 3 nitrogen and oxygen atoms in total. The number of likely N-dealkylation sites (N-methyl/N-ethyl adjacent to an activating group) is 1. The molecule has 0 saturated heterocycles. The van der Waals surface area contributed by atoms with Crippen molar-refractivity contribution in [3.8, 4) is 5.75 Å². The van der Waals surface area contributed by atoms with Gasteiger partial charge in [-0.3, -0.25) is 4.79 Å². The van der Waals surface area contributed by atoms with E-state index in [4.69, 9.17) is 0 Å². The zero-order valence-electron chi connectivity index (χ0n) is 8.75. The largest absolute Gasteiger partial charge is 0.508 e. The number of carbonyl (C=O) groups excluding carboxylic acids is 1. The molecule has 1 aromatic rings. The molecule has 0 bridgehead atoms. The van der Waals surface area contributed by atoms with E-state index in [2.05, 4.69) is 5.32 Å². The van der Waals surface area contributed by atoms with Gasteiger partial charge in [0.15, 0.2) is 5.78 Å². The van der Waals surface area contributed by atoms with Crippen molar-refractivity contribution in [2.24, 2.45) is 0 Å². The van der Waals surface area contributed by atoms with Gasteiger partial charge >= 0.3 is 0 Å². The Hall–Kier alpha value is -1.42. The van der Waals surface area contributed by atoms with Gasteiger partial charge < -0.3 is 10.4 Å². The summed E-state index contributed by atoms with van der Waals surface area (Å²) in [5.74, 6) is -0.245. The van der Waals surface area contributed by atoms with Gasteiger partial charge in [-0.05, 0) is 32.2 Å². The molecule has 4 heteroatoms. The number of halogens is 1. The monoisotopic (exact) mass is 211 g/mol. The van der Waals surface area contributed by atoms with Crippen molar-refractivity contribution in [2.45, 2.75) is 13.1 Å². The van der Waals surface area contributed by atoms with E-state index >= 15 is 0 Å². The average Bonchev–Trinajstić information content (AvgIpc) is 2.18. The predicted octanol–water partition coefficient (Wildman–Crippen LogP) is 1.82. The Balaban J connectivity index is 3.02. The molecule has 0 aromatic heterocycles. The Labute approximate surface area is 87.9 Å². The van der Waals surface area contributed by atoms with Gasteiger partial charge in [0.1, 0.15) is 11.9 Å². The second-order valence-corrected chi connectivity index (χ2v) is 3.34. The van der Waals surface area contributed by atoms with E-state index in [0.717, 1.165) is 0 Å². The molecule has 0 fully saturated rings. The summed E-state index contributed by atoms with van der Waals surface area (Å²) >= 11 is 0. The highest BCUT2D eigenvalue weighted by Gasteiger charge is 2.12. The third kappa shape index (κ3) is 2.76. The fourth-order valence-corrected chi connectivity index (χ4v) is 1.31. The molecular weight excluding hydrogens is 197 g/mol. The highest BCUT2D eigenvalue weighted by molar-refractivity contribution is 5.97. The number of phenols is 1. The van der Waals surface area contributed by atoms with Gasteiger partial charge in [-0.1, -0.05) is 0 Å². The van der Waals surface area contributed by atoms with Crippen LogP contribution in [0, 0.1) is 0 Å². The van der Waals surface area contributed by atoms with Crippen molar-refractivity contribution in [3.63, 3.8) is 0 Å². The van der Waals surface area contributed by atoms with Crippen molar-refractivity contribution < 1.29 is 14.3 Å². The summed E-state index contributed by atoms with van der Waals surface area (Å²) in [5.41, 5.74) is 0.554. The van der Waals surface area contributed by atoms with Crippen LogP contribution in [-0.2, 0) is 0 Å². The first-order valence-electron chi connectivity index (χ1n) is 4.71. The Morgan fingerprint density at radius 3 is 2.80 bits per heavy atom. The summed E-state index contributed by atoms with van der Waals surface area (Å²) in [7, 11) is 1.66. The quantitative estimate of drug-likeness (QED) is 0.747. The van der Waals surface area contributed by atoms with Gasteiger partial charge in [0, 0.05) is 11.1 Å². The summed E-state index contributed by atoms with van der Waals surface area (Å²) < 4.78 is 13.0. The Bertz CT molecular complexity index is 364. The van der Waals surface area contributed by atoms with Crippen LogP contribution in [0.1, 0.15) is 29.0 Å². The lowest BCUT2D eigenvalue weighted by Gasteiger charge is -2.07. The summed E-state index contributed by atoms with van der Waals surface area (Å²) in [5, 5.41) is 12.1. The molecule has 0 radical (unpaired) electrons. The highest BCUT2D eigenvalue weighted by atomic mass is 19.1. The van der Waals surface area contributed by atoms with Crippen molar-refractivity contribution >= 4 is 5.78 Å². The smallest absolute Gasteiger partial charge is 0.176 e. The highest BCUT2D eigenvalue weighted by Crippen LogP contribution is 2.27. The fraction of sp³-hybridized carbons (Fsp3) is 0.364. The van der Waals surface area contributed by atoms with Gasteiger partial charge in [-0.15, -0.1) is 0 Å². The van der Waals surface area contributed by atoms with Crippen LogP contribution >= 0.6 is 0 Å². The molecular formula is C11H14FNO2. The van der Waals surface area contributed by atoms with Gasteiger partial charge in [-0.25, -0.2) is 4.39 Å². The molecule has 82 valence electrons. The number of ketones is 1. The SMILES string of the molecule is CNCC(=O)c1ccc(O)c(C(C)F)c1. The first-order valence-corrected chi connectivity index (χ1v) is 4.71. The van der Waals surface area contributed by atoms with Crippen LogP contribution in [0.4, 0.5) is 4.39 Å².